The van der Waals surface area contributed by atoms with Gasteiger partial charge in [0.2, 0.25) is 0 Å². The average molecular weight is 845 g/mol. The van der Waals surface area contributed by atoms with E-state index in [9.17, 15) is 14.4 Å². The van der Waals surface area contributed by atoms with Crippen LogP contribution in [0.1, 0.15) is 284 Å². The summed E-state index contributed by atoms with van der Waals surface area (Å²) in [6.45, 7) is 6.62. The Morgan fingerprint density at radius 2 is 0.583 bits per heavy atom. The molecule has 0 aromatic rings. The highest BCUT2D eigenvalue weighted by Gasteiger charge is 2.19. The Kier molecular flexibility index (Phi) is 47.8. The molecule has 60 heavy (non-hydrogen) atoms. The number of ether oxygens (including phenoxy) is 3. The Balaban J connectivity index is 4.26. The van der Waals surface area contributed by atoms with Gasteiger partial charge < -0.3 is 14.2 Å². The Bertz CT molecular complexity index is 973. The molecule has 0 rings (SSSR count). The van der Waals surface area contributed by atoms with Gasteiger partial charge in [0, 0.05) is 19.3 Å². The number of esters is 3. The fraction of sp³-hybridized carbons (Fsp3) is 0.870. The summed E-state index contributed by atoms with van der Waals surface area (Å²) in [4.78, 5) is 37.9. The van der Waals surface area contributed by atoms with Gasteiger partial charge >= 0.3 is 17.9 Å². The van der Waals surface area contributed by atoms with Crippen molar-refractivity contribution in [3.05, 3.63) is 24.3 Å². The minimum atomic E-state index is -0.765. The molecule has 1 atom stereocenters. The number of unbranched alkanes of at least 4 members (excludes halogenated alkanes) is 34. The molecule has 352 valence electrons. The van der Waals surface area contributed by atoms with Crippen molar-refractivity contribution in [2.45, 2.75) is 290 Å². The lowest BCUT2D eigenvalue weighted by molar-refractivity contribution is -0.167. The molecule has 1 unspecified atom stereocenters. The van der Waals surface area contributed by atoms with Gasteiger partial charge in [-0.1, -0.05) is 244 Å². The van der Waals surface area contributed by atoms with E-state index >= 15 is 0 Å². The first-order valence-corrected chi connectivity index (χ1v) is 26.4. The van der Waals surface area contributed by atoms with Crippen LogP contribution in [0.3, 0.4) is 0 Å². The van der Waals surface area contributed by atoms with Gasteiger partial charge in [0.15, 0.2) is 6.10 Å². The number of hydrogen-bond donors (Lipinski definition) is 0. The molecule has 0 aromatic heterocycles. The monoisotopic (exact) mass is 845 g/mol. The quantitative estimate of drug-likeness (QED) is 0.0263. The van der Waals surface area contributed by atoms with Crippen LogP contribution in [-0.2, 0) is 28.6 Å². The second kappa shape index (κ2) is 49.5. The highest BCUT2D eigenvalue weighted by Crippen LogP contribution is 2.16. The summed E-state index contributed by atoms with van der Waals surface area (Å²) in [5, 5.41) is 0. The second-order valence-corrected chi connectivity index (χ2v) is 17.8. The van der Waals surface area contributed by atoms with E-state index in [2.05, 4.69) is 45.1 Å². The third-order valence-corrected chi connectivity index (χ3v) is 11.7. The molecule has 0 fully saturated rings. The first kappa shape index (κ1) is 57.9. The molecule has 0 aliphatic rings. The van der Waals surface area contributed by atoms with E-state index in [4.69, 9.17) is 14.2 Å². The number of allylic oxidation sites excluding steroid dienone is 4. The van der Waals surface area contributed by atoms with Crippen LogP contribution in [0.4, 0.5) is 0 Å². The van der Waals surface area contributed by atoms with Crippen molar-refractivity contribution in [3.8, 4) is 0 Å². The Labute approximate surface area is 373 Å². The second-order valence-electron chi connectivity index (χ2n) is 17.8. The van der Waals surface area contributed by atoms with E-state index in [0.29, 0.717) is 19.3 Å². The van der Waals surface area contributed by atoms with Crippen LogP contribution >= 0.6 is 0 Å². The first-order valence-electron chi connectivity index (χ1n) is 26.4. The fourth-order valence-corrected chi connectivity index (χ4v) is 7.73. The molecule has 0 saturated heterocycles. The van der Waals surface area contributed by atoms with E-state index in [1.54, 1.807) is 0 Å². The van der Waals surface area contributed by atoms with Gasteiger partial charge in [-0.25, -0.2) is 0 Å². The first-order chi connectivity index (χ1) is 29.5. The summed E-state index contributed by atoms with van der Waals surface area (Å²) in [5.74, 6) is -0.859. The van der Waals surface area contributed by atoms with Crippen LogP contribution in [0.15, 0.2) is 24.3 Å². The number of hydrogen-bond acceptors (Lipinski definition) is 6. The number of carbonyl (C=O) groups is 3. The van der Waals surface area contributed by atoms with Crippen LogP contribution in [-0.4, -0.2) is 37.2 Å². The average Bonchev–Trinajstić information content (AvgIpc) is 3.24. The van der Waals surface area contributed by atoms with Crippen molar-refractivity contribution in [2.75, 3.05) is 13.2 Å². The SMILES string of the molecule is CCCCC/C=C\C=C/CCCCCCCCCCCCC(=O)OCC(COC(=O)CCCCCCCCCCC)OC(=O)CCCCCCCCCCCCCCCC. The van der Waals surface area contributed by atoms with Crippen LogP contribution < -0.4 is 0 Å². The molecule has 0 heterocycles. The van der Waals surface area contributed by atoms with Gasteiger partial charge in [-0.05, 0) is 44.9 Å². The van der Waals surface area contributed by atoms with E-state index in [0.717, 1.165) is 57.8 Å². The molecule has 0 aliphatic carbocycles. The predicted molar refractivity (Wildman–Crippen MR) is 256 cm³/mol. The fourth-order valence-electron chi connectivity index (χ4n) is 7.73. The topological polar surface area (TPSA) is 78.9 Å². The zero-order valence-electron chi connectivity index (χ0n) is 40.2. The molecule has 0 radical (unpaired) electrons. The molecule has 0 aliphatic heterocycles. The molecule has 0 bridgehead atoms. The van der Waals surface area contributed by atoms with Crippen LogP contribution in [0.5, 0.6) is 0 Å². The lowest BCUT2D eigenvalue weighted by Crippen LogP contribution is -2.30. The zero-order valence-corrected chi connectivity index (χ0v) is 40.2. The lowest BCUT2D eigenvalue weighted by Gasteiger charge is -2.18. The van der Waals surface area contributed by atoms with Gasteiger partial charge in [0.1, 0.15) is 13.2 Å². The van der Waals surface area contributed by atoms with Crippen molar-refractivity contribution < 1.29 is 28.6 Å². The number of carbonyl (C=O) groups excluding carboxylic acids is 3. The molecule has 6 nitrogen and oxygen atoms in total. The summed E-state index contributed by atoms with van der Waals surface area (Å²) in [5.41, 5.74) is 0. The maximum atomic E-state index is 12.8. The molecule has 0 spiro atoms. The Morgan fingerprint density at radius 1 is 0.333 bits per heavy atom. The summed E-state index contributed by atoms with van der Waals surface area (Å²) < 4.78 is 16.8. The highest BCUT2D eigenvalue weighted by molar-refractivity contribution is 5.71. The van der Waals surface area contributed by atoms with Crippen LogP contribution in [0, 0.1) is 0 Å². The molecule has 0 N–H and O–H groups in total. The molecular weight excluding hydrogens is 745 g/mol. The standard InChI is InChI=1S/C54H100O6/c1-4-7-10-13-16-19-21-23-25-26-27-28-29-31-32-35-38-41-44-47-53(56)59-50-51(49-58-52(55)46-43-40-37-34-18-15-12-9-6-3)60-54(57)48-45-42-39-36-33-30-24-22-20-17-14-11-8-5-2/h16,19,21,23,51H,4-15,17-18,20,22,24-50H2,1-3H3/b19-16-,23-21-. The summed E-state index contributed by atoms with van der Waals surface area (Å²) >= 11 is 0. The third kappa shape index (κ3) is 46.9. The maximum Gasteiger partial charge on any atom is 0.306 e. The van der Waals surface area contributed by atoms with Crippen molar-refractivity contribution in [1.82, 2.24) is 0 Å². The Hall–Kier alpha value is -2.11. The molecule has 6 heteroatoms. The number of rotatable bonds is 48. The van der Waals surface area contributed by atoms with Crippen molar-refractivity contribution >= 4 is 17.9 Å². The summed E-state index contributed by atoms with van der Waals surface area (Å²) in [6.07, 6.45) is 55.9. The summed E-state index contributed by atoms with van der Waals surface area (Å²) in [6, 6.07) is 0. The van der Waals surface area contributed by atoms with Crippen LogP contribution in [0.2, 0.25) is 0 Å². The lowest BCUT2D eigenvalue weighted by atomic mass is 10.0. The van der Waals surface area contributed by atoms with Crippen LogP contribution in [0.25, 0.3) is 0 Å². The van der Waals surface area contributed by atoms with Gasteiger partial charge in [-0.15, -0.1) is 0 Å². The minimum Gasteiger partial charge on any atom is -0.462 e. The normalized spacial score (nSPS) is 12.1. The smallest absolute Gasteiger partial charge is 0.306 e. The van der Waals surface area contributed by atoms with Gasteiger partial charge in [0.05, 0.1) is 0 Å². The van der Waals surface area contributed by atoms with E-state index in [1.165, 1.54) is 186 Å². The third-order valence-electron chi connectivity index (χ3n) is 11.7. The van der Waals surface area contributed by atoms with Gasteiger partial charge in [-0.2, -0.15) is 0 Å². The van der Waals surface area contributed by atoms with Crippen molar-refractivity contribution in [2.24, 2.45) is 0 Å². The zero-order chi connectivity index (χ0) is 43.7. The van der Waals surface area contributed by atoms with Gasteiger partial charge in [-0.3, -0.25) is 14.4 Å². The molecule has 0 amide bonds. The largest absolute Gasteiger partial charge is 0.462 e. The van der Waals surface area contributed by atoms with Crippen molar-refractivity contribution in [3.63, 3.8) is 0 Å². The van der Waals surface area contributed by atoms with E-state index in [1.807, 2.05) is 0 Å². The van der Waals surface area contributed by atoms with E-state index < -0.39 is 6.10 Å². The minimum absolute atomic E-state index is 0.0675. The summed E-state index contributed by atoms with van der Waals surface area (Å²) in [7, 11) is 0. The van der Waals surface area contributed by atoms with Crippen molar-refractivity contribution in [1.29, 1.82) is 0 Å². The maximum absolute atomic E-state index is 12.8. The molecule has 0 aromatic carbocycles. The molecule has 0 saturated carbocycles. The predicted octanol–water partition coefficient (Wildman–Crippen LogP) is 17.2. The van der Waals surface area contributed by atoms with Gasteiger partial charge in [0.25, 0.3) is 0 Å². The molecular formula is C54H100O6. The van der Waals surface area contributed by atoms with E-state index in [-0.39, 0.29) is 31.1 Å². The highest BCUT2D eigenvalue weighted by atomic mass is 16.6. The Morgan fingerprint density at radius 3 is 0.917 bits per heavy atom.